The van der Waals surface area contributed by atoms with Crippen molar-refractivity contribution < 1.29 is 0 Å². The maximum Gasteiger partial charge on any atom is 0.0926 e. The van der Waals surface area contributed by atoms with Crippen LogP contribution in [0.5, 0.6) is 0 Å². The van der Waals surface area contributed by atoms with Gasteiger partial charge in [0, 0.05) is 12.1 Å². The molecule has 1 aromatic rings. The second kappa shape index (κ2) is 3.82. The molecule has 14 heavy (non-hydrogen) atoms. The van der Waals surface area contributed by atoms with E-state index < -0.39 is 0 Å². The third kappa shape index (κ3) is 1.95. The number of rotatable bonds is 3. The van der Waals surface area contributed by atoms with E-state index in [9.17, 15) is 0 Å². The number of nitrogens with zero attached hydrogens (tertiary/aromatic N) is 2. The van der Waals surface area contributed by atoms with Crippen molar-refractivity contribution in [1.29, 1.82) is 5.41 Å². The highest BCUT2D eigenvalue weighted by atomic mass is 15.3. The van der Waals surface area contributed by atoms with Gasteiger partial charge in [-0.05, 0) is 33.3 Å². The monoisotopic (exact) mass is 194 g/mol. The van der Waals surface area contributed by atoms with Crippen LogP contribution in [-0.2, 0) is 0 Å². The summed E-state index contributed by atoms with van der Waals surface area (Å²) in [6, 6.07) is 0.167. The van der Waals surface area contributed by atoms with Gasteiger partial charge in [0.25, 0.3) is 0 Å². The standard InChI is InChI=1S/C10H18N4/c1-6(5-10(11)12)14-9(4)7(2)8(3)13-14/h6H,5H2,1-4H3,(H3,11,12). The molecule has 1 aromatic heterocycles. The molecule has 0 saturated carbocycles. The molecule has 1 rings (SSSR count). The van der Waals surface area contributed by atoms with Crippen LogP contribution >= 0.6 is 0 Å². The molecule has 1 heterocycles. The highest BCUT2D eigenvalue weighted by Crippen LogP contribution is 2.17. The first-order valence-corrected chi connectivity index (χ1v) is 4.78. The molecule has 0 amide bonds. The van der Waals surface area contributed by atoms with Gasteiger partial charge in [0.1, 0.15) is 0 Å². The number of aromatic nitrogens is 2. The molecule has 0 aliphatic carbocycles. The van der Waals surface area contributed by atoms with Crippen molar-refractivity contribution in [2.24, 2.45) is 5.73 Å². The maximum absolute atomic E-state index is 7.24. The largest absolute Gasteiger partial charge is 0.388 e. The molecular weight excluding hydrogens is 176 g/mol. The van der Waals surface area contributed by atoms with Gasteiger partial charge in [0.05, 0.1) is 17.6 Å². The fraction of sp³-hybridized carbons (Fsp3) is 0.600. The molecule has 0 aliphatic rings. The molecule has 3 N–H and O–H groups in total. The van der Waals surface area contributed by atoms with Crippen LogP contribution in [0.3, 0.4) is 0 Å². The van der Waals surface area contributed by atoms with Crippen LogP contribution in [0.2, 0.25) is 0 Å². The van der Waals surface area contributed by atoms with Crippen molar-refractivity contribution in [3.63, 3.8) is 0 Å². The van der Waals surface area contributed by atoms with Gasteiger partial charge in [0.15, 0.2) is 0 Å². The molecule has 0 bridgehead atoms. The van der Waals surface area contributed by atoms with Crippen molar-refractivity contribution in [2.45, 2.75) is 40.2 Å². The number of nitrogens with two attached hydrogens (primary N) is 1. The van der Waals surface area contributed by atoms with E-state index in [0.29, 0.717) is 6.42 Å². The summed E-state index contributed by atoms with van der Waals surface area (Å²) in [5, 5.41) is 11.7. The van der Waals surface area contributed by atoms with Gasteiger partial charge >= 0.3 is 0 Å². The minimum Gasteiger partial charge on any atom is -0.388 e. The third-order valence-electron chi connectivity index (χ3n) is 2.62. The molecule has 0 saturated heterocycles. The Kier molecular flexibility index (Phi) is 2.93. The van der Waals surface area contributed by atoms with Crippen LogP contribution in [0.25, 0.3) is 0 Å². The van der Waals surface area contributed by atoms with Gasteiger partial charge in [-0.3, -0.25) is 10.1 Å². The summed E-state index contributed by atoms with van der Waals surface area (Å²) in [7, 11) is 0. The lowest BCUT2D eigenvalue weighted by molar-refractivity contribution is 0.490. The molecule has 78 valence electrons. The molecule has 4 heteroatoms. The van der Waals surface area contributed by atoms with Crippen molar-refractivity contribution >= 4 is 5.84 Å². The smallest absolute Gasteiger partial charge is 0.0926 e. The van der Waals surface area contributed by atoms with E-state index in [-0.39, 0.29) is 11.9 Å². The quantitative estimate of drug-likeness (QED) is 0.568. The normalized spacial score (nSPS) is 12.9. The van der Waals surface area contributed by atoms with Gasteiger partial charge in [-0.1, -0.05) is 0 Å². The molecule has 4 nitrogen and oxygen atoms in total. The molecule has 0 radical (unpaired) electrons. The minimum absolute atomic E-state index is 0.167. The molecule has 1 unspecified atom stereocenters. The Morgan fingerprint density at radius 3 is 2.43 bits per heavy atom. The average molecular weight is 194 g/mol. The summed E-state index contributed by atoms with van der Waals surface area (Å²) in [4.78, 5) is 0. The zero-order valence-corrected chi connectivity index (χ0v) is 9.26. The number of nitrogens with one attached hydrogen (secondary N) is 1. The van der Waals surface area contributed by atoms with E-state index in [2.05, 4.69) is 12.0 Å². The van der Waals surface area contributed by atoms with E-state index in [1.807, 2.05) is 25.5 Å². The minimum atomic E-state index is 0.167. The van der Waals surface area contributed by atoms with Crippen LogP contribution in [-0.4, -0.2) is 15.6 Å². The first kappa shape index (κ1) is 10.8. The van der Waals surface area contributed by atoms with Crippen molar-refractivity contribution in [3.05, 3.63) is 17.0 Å². The van der Waals surface area contributed by atoms with Gasteiger partial charge in [0.2, 0.25) is 0 Å². The molecule has 0 fully saturated rings. The van der Waals surface area contributed by atoms with Crippen LogP contribution in [0.1, 0.15) is 36.3 Å². The van der Waals surface area contributed by atoms with Crippen molar-refractivity contribution in [3.8, 4) is 0 Å². The lowest BCUT2D eigenvalue weighted by atomic mass is 10.2. The highest BCUT2D eigenvalue weighted by Gasteiger charge is 2.13. The van der Waals surface area contributed by atoms with Crippen LogP contribution in [0, 0.1) is 26.2 Å². The Morgan fingerprint density at radius 2 is 2.07 bits per heavy atom. The molecular formula is C10H18N4. The van der Waals surface area contributed by atoms with Crippen LogP contribution < -0.4 is 5.73 Å². The summed E-state index contributed by atoms with van der Waals surface area (Å²) >= 11 is 0. The molecule has 0 aromatic carbocycles. The van der Waals surface area contributed by atoms with Crippen LogP contribution in [0.4, 0.5) is 0 Å². The number of hydrogen-bond donors (Lipinski definition) is 2. The summed E-state index contributed by atoms with van der Waals surface area (Å²) in [6.07, 6.45) is 0.557. The van der Waals surface area contributed by atoms with Crippen LogP contribution in [0.15, 0.2) is 0 Å². The van der Waals surface area contributed by atoms with Gasteiger partial charge in [-0.15, -0.1) is 0 Å². The summed E-state index contributed by atoms with van der Waals surface area (Å²) < 4.78 is 1.95. The second-order valence-corrected chi connectivity index (χ2v) is 3.82. The fourth-order valence-corrected chi connectivity index (χ4v) is 1.58. The van der Waals surface area contributed by atoms with Gasteiger partial charge in [-0.2, -0.15) is 5.10 Å². The Hall–Kier alpha value is -1.32. The van der Waals surface area contributed by atoms with Crippen molar-refractivity contribution in [2.75, 3.05) is 0 Å². The molecule has 0 aliphatic heterocycles. The van der Waals surface area contributed by atoms with E-state index in [0.717, 1.165) is 11.4 Å². The number of amidine groups is 1. The Bertz CT molecular complexity index is 351. The first-order chi connectivity index (χ1) is 6.43. The summed E-state index contributed by atoms with van der Waals surface area (Å²) in [5.41, 5.74) is 8.81. The number of aryl methyl sites for hydroxylation is 1. The zero-order valence-electron chi connectivity index (χ0n) is 9.26. The Balaban J connectivity index is 2.95. The summed E-state index contributed by atoms with van der Waals surface area (Å²) in [5.74, 6) is 0.211. The van der Waals surface area contributed by atoms with E-state index in [1.165, 1.54) is 5.56 Å². The topological polar surface area (TPSA) is 67.7 Å². The predicted octanol–water partition coefficient (Wildman–Crippen LogP) is 1.70. The molecule has 1 atom stereocenters. The lowest BCUT2D eigenvalue weighted by Crippen LogP contribution is -2.18. The Labute approximate surface area is 84.6 Å². The second-order valence-electron chi connectivity index (χ2n) is 3.82. The zero-order chi connectivity index (χ0) is 10.9. The first-order valence-electron chi connectivity index (χ1n) is 4.78. The van der Waals surface area contributed by atoms with E-state index >= 15 is 0 Å². The van der Waals surface area contributed by atoms with E-state index in [1.54, 1.807) is 0 Å². The highest BCUT2D eigenvalue weighted by molar-refractivity contribution is 5.77. The Morgan fingerprint density at radius 1 is 1.50 bits per heavy atom. The maximum atomic E-state index is 7.24. The third-order valence-corrected chi connectivity index (χ3v) is 2.62. The number of hydrogen-bond acceptors (Lipinski definition) is 2. The molecule has 0 spiro atoms. The summed E-state index contributed by atoms with van der Waals surface area (Å²) in [6.45, 7) is 8.14. The predicted molar refractivity (Wildman–Crippen MR) is 57.7 cm³/mol. The lowest BCUT2D eigenvalue weighted by Gasteiger charge is -2.13. The SMILES string of the molecule is Cc1nn(C(C)CC(=N)N)c(C)c1C. The van der Waals surface area contributed by atoms with Gasteiger partial charge < -0.3 is 5.73 Å². The van der Waals surface area contributed by atoms with Gasteiger partial charge in [-0.25, -0.2) is 0 Å². The fourth-order valence-electron chi connectivity index (χ4n) is 1.58. The van der Waals surface area contributed by atoms with Crippen molar-refractivity contribution in [1.82, 2.24) is 9.78 Å². The van der Waals surface area contributed by atoms with E-state index in [4.69, 9.17) is 11.1 Å². The average Bonchev–Trinajstić information content (AvgIpc) is 2.32.